The number of nitrogens with zero attached hydrogens (tertiary/aromatic N) is 1. The zero-order valence-electron chi connectivity index (χ0n) is 11.5. The van der Waals surface area contributed by atoms with Gasteiger partial charge < -0.3 is 11.5 Å². The molecule has 3 rings (SSSR count). The van der Waals surface area contributed by atoms with Gasteiger partial charge in [-0.2, -0.15) is 5.10 Å². The zero-order chi connectivity index (χ0) is 14.0. The lowest BCUT2D eigenvalue weighted by atomic mass is 9.87. The van der Waals surface area contributed by atoms with Gasteiger partial charge in [-0.15, -0.1) is 0 Å². The molecule has 5 nitrogen and oxygen atoms in total. The van der Waals surface area contributed by atoms with Crippen molar-refractivity contribution in [1.82, 2.24) is 15.5 Å². The van der Waals surface area contributed by atoms with Crippen LogP contribution < -0.4 is 16.8 Å². The Balaban J connectivity index is 1.87. The van der Waals surface area contributed by atoms with Crippen molar-refractivity contribution in [3.63, 3.8) is 0 Å². The van der Waals surface area contributed by atoms with E-state index in [2.05, 4.69) is 27.6 Å². The van der Waals surface area contributed by atoms with Crippen LogP contribution in [0.3, 0.4) is 0 Å². The van der Waals surface area contributed by atoms with E-state index in [1.165, 1.54) is 0 Å². The molecule has 1 aromatic heterocycles. The van der Waals surface area contributed by atoms with Crippen molar-refractivity contribution < 1.29 is 0 Å². The monoisotopic (exact) mass is 271 g/mol. The van der Waals surface area contributed by atoms with Crippen LogP contribution in [0.4, 0.5) is 0 Å². The molecule has 2 aromatic rings. The van der Waals surface area contributed by atoms with Crippen LogP contribution in [-0.4, -0.2) is 28.4 Å². The Labute approximate surface area is 118 Å². The van der Waals surface area contributed by atoms with Crippen LogP contribution in [0.25, 0.3) is 11.3 Å². The first-order chi connectivity index (χ1) is 9.69. The van der Waals surface area contributed by atoms with Crippen LogP contribution in [0.15, 0.2) is 36.5 Å². The Morgan fingerprint density at radius 2 is 2.10 bits per heavy atom. The number of aromatic amines is 1. The maximum atomic E-state index is 6.46. The van der Waals surface area contributed by atoms with Crippen LogP contribution in [0.1, 0.15) is 18.4 Å². The van der Waals surface area contributed by atoms with Gasteiger partial charge in [-0.05, 0) is 24.9 Å². The molecule has 1 saturated heterocycles. The molecule has 5 heteroatoms. The van der Waals surface area contributed by atoms with E-state index in [0.29, 0.717) is 6.42 Å². The summed E-state index contributed by atoms with van der Waals surface area (Å²) in [5.74, 6) is 0. The van der Waals surface area contributed by atoms with E-state index < -0.39 is 5.66 Å². The summed E-state index contributed by atoms with van der Waals surface area (Å²) in [7, 11) is 0. The lowest BCUT2D eigenvalue weighted by Crippen LogP contribution is -2.68. The average molecular weight is 271 g/mol. The molecule has 0 bridgehead atoms. The molecular weight excluding hydrogens is 250 g/mol. The Bertz CT molecular complexity index is 565. The lowest BCUT2D eigenvalue weighted by molar-refractivity contribution is 0.221. The van der Waals surface area contributed by atoms with Crippen LogP contribution in [0.2, 0.25) is 0 Å². The number of nitrogens with one attached hydrogen (secondary N) is 2. The predicted octanol–water partition coefficient (Wildman–Crippen LogP) is 0.985. The van der Waals surface area contributed by atoms with E-state index in [1.54, 1.807) is 0 Å². The van der Waals surface area contributed by atoms with Crippen LogP contribution in [-0.2, 0) is 6.42 Å². The maximum Gasteiger partial charge on any atom is 0.0860 e. The highest BCUT2D eigenvalue weighted by molar-refractivity contribution is 5.62. The molecule has 20 heavy (non-hydrogen) atoms. The third-order valence-electron chi connectivity index (χ3n) is 4.07. The van der Waals surface area contributed by atoms with Crippen molar-refractivity contribution in [2.45, 2.75) is 31.0 Å². The fraction of sp³-hybridized carbons (Fsp3) is 0.400. The van der Waals surface area contributed by atoms with Gasteiger partial charge in [-0.3, -0.25) is 10.4 Å². The Morgan fingerprint density at radius 3 is 2.85 bits per heavy atom. The zero-order valence-corrected chi connectivity index (χ0v) is 11.5. The number of H-pyrrole nitrogens is 1. The first-order valence-electron chi connectivity index (χ1n) is 7.06. The summed E-state index contributed by atoms with van der Waals surface area (Å²) in [6.45, 7) is 0.919. The normalized spacial score (nSPS) is 26.6. The van der Waals surface area contributed by atoms with Gasteiger partial charge in [0.15, 0.2) is 0 Å². The van der Waals surface area contributed by atoms with Crippen molar-refractivity contribution in [3.05, 3.63) is 42.1 Å². The highest BCUT2D eigenvalue weighted by Crippen LogP contribution is 2.25. The van der Waals surface area contributed by atoms with E-state index in [0.717, 1.165) is 36.2 Å². The minimum absolute atomic E-state index is 0.0326. The highest BCUT2D eigenvalue weighted by atomic mass is 15.2. The smallest absolute Gasteiger partial charge is 0.0860 e. The summed E-state index contributed by atoms with van der Waals surface area (Å²) in [5.41, 5.74) is 15.4. The van der Waals surface area contributed by atoms with Gasteiger partial charge in [0.25, 0.3) is 0 Å². The van der Waals surface area contributed by atoms with Gasteiger partial charge in [0, 0.05) is 18.0 Å². The van der Waals surface area contributed by atoms with Crippen LogP contribution in [0, 0.1) is 0 Å². The van der Waals surface area contributed by atoms with E-state index >= 15 is 0 Å². The largest absolute Gasteiger partial charge is 0.325 e. The topological polar surface area (TPSA) is 92.8 Å². The predicted molar refractivity (Wildman–Crippen MR) is 79.9 cm³/mol. The van der Waals surface area contributed by atoms with E-state index in [1.807, 2.05) is 24.4 Å². The summed E-state index contributed by atoms with van der Waals surface area (Å²) in [4.78, 5) is 0. The number of hydrogen-bond donors (Lipinski definition) is 4. The fourth-order valence-corrected chi connectivity index (χ4v) is 2.84. The summed E-state index contributed by atoms with van der Waals surface area (Å²) in [6, 6.07) is 10.1. The van der Waals surface area contributed by atoms with Gasteiger partial charge in [0.2, 0.25) is 0 Å². The molecule has 6 N–H and O–H groups in total. The Hall–Kier alpha value is -1.69. The summed E-state index contributed by atoms with van der Waals surface area (Å²) in [5, 5.41) is 10.6. The number of hydrogen-bond acceptors (Lipinski definition) is 4. The summed E-state index contributed by atoms with van der Waals surface area (Å²) in [6.07, 6.45) is 4.56. The molecule has 2 atom stereocenters. The second-order valence-electron chi connectivity index (χ2n) is 5.53. The van der Waals surface area contributed by atoms with Gasteiger partial charge in [-0.1, -0.05) is 30.3 Å². The number of benzene rings is 1. The lowest BCUT2D eigenvalue weighted by Gasteiger charge is -2.40. The van der Waals surface area contributed by atoms with Crippen molar-refractivity contribution in [2.75, 3.05) is 6.54 Å². The van der Waals surface area contributed by atoms with Gasteiger partial charge in [0.05, 0.1) is 17.6 Å². The van der Waals surface area contributed by atoms with Gasteiger partial charge in [0.1, 0.15) is 0 Å². The minimum atomic E-state index is -0.550. The van der Waals surface area contributed by atoms with Crippen LogP contribution >= 0.6 is 0 Å². The van der Waals surface area contributed by atoms with Crippen molar-refractivity contribution in [2.24, 2.45) is 11.5 Å². The molecule has 0 radical (unpaired) electrons. The third-order valence-corrected chi connectivity index (χ3v) is 4.07. The maximum absolute atomic E-state index is 6.46. The SMILES string of the molecule is NC1CCCNC1(N)Cc1cn[nH]c1-c1ccccc1. The first kappa shape index (κ1) is 13.3. The minimum Gasteiger partial charge on any atom is -0.325 e. The number of piperidine rings is 1. The summed E-state index contributed by atoms with van der Waals surface area (Å²) >= 11 is 0. The summed E-state index contributed by atoms with van der Waals surface area (Å²) < 4.78 is 0. The Kier molecular flexibility index (Phi) is 3.56. The standard InChI is InChI=1S/C15H21N5/c16-13-7-4-8-18-15(13,17)9-12-10-19-20-14(12)11-5-2-1-3-6-11/h1-3,5-6,10,13,18H,4,7-9,16-17H2,(H,19,20). The molecule has 1 aromatic carbocycles. The average Bonchev–Trinajstić information content (AvgIpc) is 2.91. The molecule has 0 spiro atoms. The molecule has 0 saturated carbocycles. The molecule has 2 unspecified atom stereocenters. The molecule has 0 aliphatic carbocycles. The van der Waals surface area contributed by atoms with Crippen molar-refractivity contribution in [3.8, 4) is 11.3 Å². The molecular formula is C15H21N5. The molecule has 2 heterocycles. The number of rotatable bonds is 3. The Morgan fingerprint density at radius 1 is 1.30 bits per heavy atom. The molecule has 1 aliphatic rings. The molecule has 0 amide bonds. The third kappa shape index (κ3) is 2.47. The second kappa shape index (κ2) is 5.36. The quantitative estimate of drug-likeness (QED) is 0.669. The fourth-order valence-electron chi connectivity index (χ4n) is 2.84. The van der Waals surface area contributed by atoms with Gasteiger partial charge >= 0.3 is 0 Å². The number of nitrogens with two attached hydrogens (primary N) is 2. The van der Waals surface area contributed by atoms with E-state index in [-0.39, 0.29) is 6.04 Å². The van der Waals surface area contributed by atoms with E-state index in [4.69, 9.17) is 11.5 Å². The molecule has 1 fully saturated rings. The molecule has 1 aliphatic heterocycles. The van der Waals surface area contributed by atoms with Gasteiger partial charge in [-0.25, -0.2) is 0 Å². The second-order valence-corrected chi connectivity index (χ2v) is 5.53. The molecule has 106 valence electrons. The highest BCUT2D eigenvalue weighted by Gasteiger charge is 2.35. The van der Waals surface area contributed by atoms with Crippen molar-refractivity contribution in [1.29, 1.82) is 0 Å². The van der Waals surface area contributed by atoms with Crippen molar-refractivity contribution >= 4 is 0 Å². The first-order valence-corrected chi connectivity index (χ1v) is 7.06. The van der Waals surface area contributed by atoms with Crippen LogP contribution in [0.5, 0.6) is 0 Å². The van der Waals surface area contributed by atoms with E-state index in [9.17, 15) is 0 Å². The number of aromatic nitrogens is 2.